The van der Waals surface area contributed by atoms with E-state index < -0.39 is 0 Å². The quantitative estimate of drug-likeness (QED) is 0.361. The maximum absolute atomic E-state index is 12.5. The second kappa shape index (κ2) is 10.7. The summed E-state index contributed by atoms with van der Waals surface area (Å²) in [7, 11) is 0. The van der Waals surface area contributed by atoms with Crippen LogP contribution in [0.15, 0.2) is 22.5 Å². The summed E-state index contributed by atoms with van der Waals surface area (Å²) in [5, 5.41) is 10.9. The zero-order valence-corrected chi connectivity index (χ0v) is 16.9. The van der Waals surface area contributed by atoms with E-state index in [4.69, 9.17) is 14.2 Å². The minimum Gasteiger partial charge on any atom is -0.490 e. The van der Waals surface area contributed by atoms with Gasteiger partial charge in [0, 0.05) is 5.56 Å². The molecule has 0 atom stereocenters. The lowest BCUT2D eigenvalue weighted by atomic mass is 10.2. The van der Waals surface area contributed by atoms with Crippen LogP contribution in [0.25, 0.3) is 0 Å². The Morgan fingerprint density at radius 1 is 1.07 bits per heavy atom. The molecule has 2 rings (SSSR count). The van der Waals surface area contributed by atoms with Crippen molar-refractivity contribution in [3.63, 3.8) is 0 Å². The minimum absolute atomic E-state index is 0.146. The van der Waals surface area contributed by atoms with Crippen molar-refractivity contribution in [2.24, 2.45) is 0 Å². The number of aromatic nitrogens is 2. The van der Waals surface area contributed by atoms with Gasteiger partial charge in [-0.15, -0.1) is 10.2 Å². The molecule has 0 bridgehead atoms. The van der Waals surface area contributed by atoms with Crippen molar-refractivity contribution in [1.82, 2.24) is 10.2 Å². The van der Waals surface area contributed by atoms with Gasteiger partial charge in [0.15, 0.2) is 15.8 Å². The van der Waals surface area contributed by atoms with Crippen molar-refractivity contribution in [3.8, 4) is 11.5 Å². The second-order valence-corrected chi connectivity index (χ2v) is 7.15. The fraction of sp³-hybridized carbons (Fsp3) is 0.412. The number of amides is 1. The van der Waals surface area contributed by atoms with Crippen molar-refractivity contribution in [2.45, 2.75) is 25.1 Å². The Kier molecular flexibility index (Phi) is 8.34. The maximum Gasteiger partial charge on any atom is 0.316 e. The highest BCUT2D eigenvalue weighted by Gasteiger charge is 2.15. The van der Waals surface area contributed by atoms with Gasteiger partial charge in [-0.2, -0.15) is 0 Å². The molecule has 0 radical (unpaired) electrons. The highest BCUT2D eigenvalue weighted by atomic mass is 32.2. The van der Waals surface area contributed by atoms with E-state index in [1.54, 1.807) is 25.1 Å². The lowest BCUT2D eigenvalue weighted by Crippen LogP contribution is -2.12. The van der Waals surface area contributed by atoms with E-state index in [-0.39, 0.29) is 17.6 Å². The normalized spacial score (nSPS) is 10.3. The van der Waals surface area contributed by atoms with Crippen molar-refractivity contribution < 1.29 is 23.8 Å². The lowest BCUT2D eigenvalue weighted by Gasteiger charge is -2.12. The number of benzene rings is 1. The third-order valence-electron chi connectivity index (χ3n) is 3.05. The molecule has 1 aromatic carbocycles. The molecule has 8 nitrogen and oxygen atoms in total. The van der Waals surface area contributed by atoms with Crippen LogP contribution in [0.2, 0.25) is 0 Å². The van der Waals surface area contributed by atoms with E-state index >= 15 is 0 Å². The van der Waals surface area contributed by atoms with Crippen LogP contribution in [0.1, 0.15) is 31.1 Å². The number of nitrogens with one attached hydrogen (secondary N) is 1. The maximum atomic E-state index is 12.5. The van der Waals surface area contributed by atoms with Crippen LogP contribution < -0.4 is 14.8 Å². The first-order chi connectivity index (χ1) is 13.1. The summed E-state index contributed by atoms with van der Waals surface area (Å²) in [6.45, 7) is 6.79. The van der Waals surface area contributed by atoms with Crippen molar-refractivity contribution in [3.05, 3.63) is 23.8 Å². The molecule has 0 spiro atoms. The summed E-state index contributed by atoms with van der Waals surface area (Å²) in [6.07, 6.45) is 0. The van der Waals surface area contributed by atoms with Crippen LogP contribution in [0.4, 0.5) is 5.13 Å². The zero-order chi connectivity index (χ0) is 19.6. The minimum atomic E-state index is -0.336. The zero-order valence-electron chi connectivity index (χ0n) is 15.3. The number of thioether (sulfide) groups is 1. The van der Waals surface area contributed by atoms with Crippen LogP contribution in [-0.2, 0) is 9.53 Å². The average molecular weight is 412 g/mol. The van der Waals surface area contributed by atoms with E-state index in [1.165, 1.54) is 23.1 Å². The highest BCUT2D eigenvalue weighted by Crippen LogP contribution is 2.30. The summed E-state index contributed by atoms with van der Waals surface area (Å²) < 4.78 is 16.4. The summed E-state index contributed by atoms with van der Waals surface area (Å²) in [4.78, 5) is 23.8. The summed E-state index contributed by atoms with van der Waals surface area (Å²) in [5.41, 5.74) is 0.415. The highest BCUT2D eigenvalue weighted by molar-refractivity contribution is 8.01. The fourth-order valence-corrected chi connectivity index (χ4v) is 3.55. The van der Waals surface area contributed by atoms with Gasteiger partial charge >= 0.3 is 5.97 Å². The van der Waals surface area contributed by atoms with E-state index in [1.807, 2.05) is 13.8 Å². The molecular weight excluding hydrogens is 390 g/mol. The molecule has 1 N–H and O–H groups in total. The Balaban J connectivity index is 2.00. The number of anilines is 1. The third-order valence-corrected chi connectivity index (χ3v) is 5.00. The Morgan fingerprint density at radius 3 is 2.52 bits per heavy atom. The smallest absolute Gasteiger partial charge is 0.316 e. The molecule has 0 saturated heterocycles. The van der Waals surface area contributed by atoms with Crippen LogP contribution in [0, 0.1) is 0 Å². The predicted octanol–water partition coefficient (Wildman–Crippen LogP) is 3.24. The van der Waals surface area contributed by atoms with Crippen LogP contribution in [0.5, 0.6) is 11.5 Å². The molecule has 0 aliphatic rings. The standard InChI is InChI=1S/C17H21N3O5S2/c1-4-23-12-8-7-11(9-13(12)24-5-2)15(22)18-16-19-20-17(27-16)26-10-14(21)25-6-3/h7-9H,4-6,10H2,1-3H3,(H,18,19,22). The predicted molar refractivity (Wildman–Crippen MR) is 104 cm³/mol. The average Bonchev–Trinajstić information content (AvgIpc) is 3.09. The van der Waals surface area contributed by atoms with Gasteiger partial charge in [0.1, 0.15) is 0 Å². The first kappa shape index (κ1) is 21.0. The molecule has 1 heterocycles. The lowest BCUT2D eigenvalue weighted by molar-refractivity contribution is -0.139. The van der Waals surface area contributed by atoms with Gasteiger partial charge in [0.25, 0.3) is 5.91 Å². The van der Waals surface area contributed by atoms with Gasteiger partial charge in [0.2, 0.25) is 5.13 Å². The number of esters is 1. The molecule has 2 aromatic rings. The molecule has 0 saturated carbocycles. The number of nitrogens with zero attached hydrogens (tertiary/aromatic N) is 2. The van der Waals surface area contributed by atoms with Crippen molar-refractivity contribution in [1.29, 1.82) is 0 Å². The largest absolute Gasteiger partial charge is 0.490 e. The molecule has 0 fully saturated rings. The number of hydrogen-bond acceptors (Lipinski definition) is 9. The molecule has 10 heteroatoms. The number of carbonyl (C=O) groups is 2. The molecular formula is C17H21N3O5S2. The molecule has 0 aliphatic carbocycles. The monoisotopic (exact) mass is 411 g/mol. The van der Waals surface area contributed by atoms with Crippen LogP contribution >= 0.6 is 23.1 Å². The topological polar surface area (TPSA) is 99.6 Å². The van der Waals surface area contributed by atoms with E-state index in [9.17, 15) is 9.59 Å². The Bertz CT molecular complexity index is 782. The first-order valence-electron chi connectivity index (χ1n) is 8.40. The number of ether oxygens (including phenoxy) is 3. The van der Waals surface area contributed by atoms with Gasteiger partial charge in [0.05, 0.1) is 25.6 Å². The number of rotatable bonds is 10. The molecule has 146 valence electrons. The summed E-state index contributed by atoms with van der Waals surface area (Å²) in [5.74, 6) is 0.588. The SMILES string of the molecule is CCOC(=O)CSc1nnc(NC(=O)c2ccc(OCC)c(OCC)c2)s1. The van der Waals surface area contributed by atoms with Gasteiger partial charge in [-0.3, -0.25) is 14.9 Å². The fourth-order valence-electron chi connectivity index (χ4n) is 2.00. The summed E-state index contributed by atoms with van der Waals surface area (Å²) in [6, 6.07) is 4.98. The van der Waals surface area contributed by atoms with E-state index in [0.717, 1.165) is 0 Å². The summed E-state index contributed by atoms with van der Waals surface area (Å²) >= 11 is 2.40. The first-order valence-corrected chi connectivity index (χ1v) is 10.2. The molecule has 27 heavy (non-hydrogen) atoms. The van der Waals surface area contributed by atoms with Crippen molar-refractivity contribution in [2.75, 3.05) is 30.9 Å². The third kappa shape index (κ3) is 6.40. The number of carbonyl (C=O) groups excluding carboxylic acids is 2. The van der Waals surface area contributed by atoms with Gasteiger partial charge in [-0.1, -0.05) is 23.1 Å². The Morgan fingerprint density at radius 2 is 1.81 bits per heavy atom. The van der Waals surface area contributed by atoms with Crippen LogP contribution in [-0.4, -0.2) is 47.6 Å². The molecule has 0 aliphatic heterocycles. The number of hydrogen-bond donors (Lipinski definition) is 1. The van der Waals surface area contributed by atoms with Gasteiger partial charge in [-0.25, -0.2) is 0 Å². The Labute approximate surface area is 165 Å². The molecule has 1 amide bonds. The molecule has 0 unspecified atom stereocenters. The Hall–Kier alpha value is -2.33. The van der Waals surface area contributed by atoms with Gasteiger partial charge < -0.3 is 14.2 Å². The second-order valence-electron chi connectivity index (χ2n) is 4.95. The van der Waals surface area contributed by atoms with Crippen LogP contribution in [0.3, 0.4) is 0 Å². The van der Waals surface area contributed by atoms with E-state index in [0.29, 0.717) is 46.4 Å². The van der Waals surface area contributed by atoms with Crippen molar-refractivity contribution >= 4 is 40.1 Å². The molecule has 1 aromatic heterocycles. The van der Waals surface area contributed by atoms with E-state index in [2.05, 4.69) is 15.5 Å². The van der Waals surface area contributed by atoms with Gasteiger partial charge in [-0.05, 0) is 39.0 Å².